The molecule has 0 saturated carbocycles. The Bertz CT molecular complexity index is 639. The van der Waals surface area contributed by atoms with Gasteiger partial charge in [-0.2, -0.15) is 0 Å². The zero-order valence-electron chi connectivity index (χ0n) is 15.0. The summed E-state index contributed by atoms with van der Waals surface area (Å²) in [7, 11) is 1.63. The van der Waals surface area contributed by atoms with Crippen molar-refractivity contribution in [2.45, 2.75) is 32.1 Å². The molecule has 1 aromatic rings. The van der Waals surface area contributed by atoms with E-state index in [1.165, 1.54) is 4.90 Å². The van der Waals surface area contributed by atoms with Crippen molar-refractivity contribution in [2.24, 2.45) is 5.92 Å². The van der Waals surface area contributed by atoms with Gasteiger partial charge in [0, 0.05) is 31.6 Å². The van der Waals surface area contributed by atoms with Crippen LogP contribution in [-0.4, -0.2) is 59.4 Å². The first-order valence-corrected chi connectivity index (χ1v) is 9.23. The lowest BCUT2D eigenvalue weighted by molar-refractivity contribution is -0.146. The van der Waals surface area contributed by atoms with E-state index >= 15 is 0 Å². The molecule has 2 rings (SSSR count). The Morgan fingerprint density at radius 2 is 1.81 bits per heavy atom. The zero-order valence-corrected chi connectivity index (χ0v) is 15.7. The Morgan fingerprint density at radius 3 is 2.38 bits per heavy atom. The Labute approximate surface area is 158 Å². The first-order valence-electron chi connectivity index (χ1n) is 8.86. The van der Waals surface area contributed by atoms with E-state index in [0.717, 1.165) is 12.0 Å². The zero-order chi connectivity index (χ0) is 19.1. The molecule has 7 heteroatoms. The van der Waals surface area contributed by atoms with Gasteiger partial charge in [-0.3, -0.25) is 14.4 Å². The number of halogens is 1. The van der Waals surface area contributed by atoms with Crippen LogP contribution in [-0.2, 0) is 20.8 Å². The quantitative estimate of drug-likeness (QED) is 0.788. The molecule has 0 atom stereocenters. The molecule has 1 fully saturated rings. The molecule has 0 spiro atoms. The van der Waals surface area contributed by atoms with Crippen molar-refractivity contribution in [1.29, 1.82) is 0 Å². The molecule has 142 valence electrons. The average Bonchev–Trinajstić information content (AvgIpc) is 2.63. The lowest BCUT2D eigenvalue weighted by Gasteiger charge is -2.31. The fourth-order valence-corrected chi connectivity index (χ4v) is 3.18. The van der Waals surface area contributed by atoms with Crippen LogP contribution in [0.25, 0.3) is 0 Å². The number of likely N-dealkylation sites (N-methyl/N-ethyl adjacent to an activating group) is 1. The molecule has 0 aromatic heterocycles. The van der Waals surface area contributed by atoms with Crippen LogP contribution in [0.2, 0.25) is 5.02 Å². The third-order valence-electron chi connectivity index (χ3n) is 4.76. The first-order chi connectivity index (χ1) is 12.4. The molecule has 1 aromatic carbocycles. The molecule has 0 aliphatic carbocycles. The van der Waals surface area contributed by atoms with Gasteiger partial charge in [-0.1, -0.05) is 23.7 Å². The summed E-state index contributed by atoms with van der Waals surface area (Å²) in [5.74, 6) is -1.36. The van der Waals surface area contributed by atoms with Crippen LogP contribution in [0.4, 0.5) is 0 Å². The van der Waals surface area contributed by atoms with Crippen LogP contribution >= 0.6 is 11.6 Å². The van der Waals surface area contributed by atoms with Crippen LogP contribution in [0.3, 0.4) is 0 Å². The van der Waals surface area contributed by atoms with Gasteiger partial charge in [-0.05, 0) is 43.4 Å². The second kappa shape index (κ2) is 9.57. The first kappa shape index (κ1) is 20.2. The Hall–Kier alpha value is -2.08. The van der Waals surface area contributed by atoms with Crippen molar-refractivity contribution in [2.75, 3.05) is 26.7 Å². The maximum absolute atomic E-state index is 12.3. The van der Waals surface area contributed by atoms with Gasteiger partial charge < -0.3 is 14.9 Å². The molecule has 26 heavy (non-hydrogen) atoms. The number of carboxylic acids is 1. The van der Waals surface area contributed by atoms with E-state index in [0.29, 0.717) is 43.8 Å². The number of hydrogen-bond acceptors (Lipinski definition) is 3. The summed E-state index contributed by atoms with van der Waals surface area (Å²) < 4.78 is 0. The van der Waals surface area contributed by atoms with Crippen molar-refractivity contribution in [3.63, 3.8) is 0 Å². The van der Waals surface area contributed by atoms with Crippen molar-refractivity contribution >= 4 is 29.4 Å². The van der Waals surface area contributed by atoms with Crippen LogP contribution in [0.1, 0.15) is 31.2 Å². The predicted molar refractivity (Wildman–Crippen MR) is 99.0 cm³/mol. The summed E-state index contributed by atoms with van der Waals surface area (Å²) in [4.78, 5) is 38.5. The van der Waals surface area contributed by atoms with Crippen molar-refractivity contribution in [3.8, 4) is 0 Å². The number of aryl methyl sites for hydroxylation is 1. The number of rotatable bonds is 7. The van der Waals surface area contributed by atoms with Gasteiger partial charge in [-0.15, -0.1) is 0 Å². The molecule has 0 bridgehead atoms. The highest BCUT2D eigenvalue weighted by Crippen LogP contribution is 2.17. The molecule has 1 N–H and O–H groups in total. The maximum atomic E-state index is 12.3. The van der Waals surface area contributed by atoms with Crippen molar-refractivity contribution in [3.05, 3.63) is 34.9 Å². The van der Waals surface area contributed by atoms with Crippen LogP contribution in [0, 0.1) is 5.92 Å². The minimum Gasteiger partial charge on any atom is -0.481 e. The van der Waals surface area contributed by atoms with Crippen LogP contribution in [0.5, 0.6) is 0 Å². The fraction of sp³-hybridized carbons (Fsp3) is 0.526. The van der Waals surface area contributed by atoms with E-state index < -0.39 is 5.97 Å². The minimum atomic E-state index is -0.801. The van der Waals surface area contributed by atoms with Gasteiger partial charge in [0.25, 0.3) is 0 Å². The van der Waals surface area contributed by atoms with Gasteiger partial charge in [0.15, 0.2) is 0 Å². The predicted octanol–water partition coefficient (Wildman–Crippen LogP) is 2.44. The molecular weight excluding hydrogens is 356 g/mol. The molecule has 0 unspecified atom stereocenters. The number of benzene rings is 1. The molecule has 1 aliphatic rings. The second-order valence-electron chi connectivity index (χ2n) is 6.72. The van der Waals surface area contributed by atoms with Gasteiger partial charge in [0.1, 0.15) is 0 Å². The fourth-order valence-electron chi connectivity index (χ4n) is 3.05. The number of likely N-dealkylation sites (tertiary alicyclic amines) is 1. The van der Waals surface area contributed by atoms with Gasteiger partial charge >= 0.3 is 5.97 Å². The van der Waals surface area contributed by atoms with Gasteiger partial charge in [-0.25, -0.2) is 0 Å². The molecule has 1 aliphatic heterocycles. The van der Waals surface area contributed by atoms with E-state index in [2.05, 4.69) is 0 Å². The van der Waals surface area contributed by atoms with Crippen LogP contribution < -0.4 is 0 Å². The lowest BCUT2D eigenvalue weighted by atomic mass is 9.97. The number of aliphatic carboxylic acids is 1. The minimum absolute atomic E-state index is 0.0392. The third-order valence-corrected chi connectivity index (χ3v) is 5.02. The molecule has 6 nitrogen and oxygen atoms in total. The number of piperidine rings is 1. The number of carbonyl (C=O) groups is 3. The van der Waals surface area contributed by atoms with Crippen molar-refractivity contribution in [1.82, 2.24) is 9.80 Å². The maximum Gasteiger partial charge on any atom is 0.306 e. The third kappa shape index (κ3) is 6.02. The Kier molecular flexibility index (Phi) is 7.45. The van der Waals surface area contributed by atoms with E-state index in [1.807, 2.05) is 24.3 Å². The SMILES string of the molecule is CN(CC(=O)N1CCC(C(=O)O)CC1)C(=O)CCCc1ccc(Cl)cc1. The number of hydrogen-bond donors (Lipinski definition) is 1. The van der Waals surface area contributed by atoms with E-state index in [1.54, 1.807) is 11.9 Å². The summed E-state index contributed by atoms with van der Waals surface area (Å²) in [6.07, 6.45) is 2.82. The topological polar surface area (TPSA) is 77.9 Å². The number of nitrogens with zero attached hydrogens (tertiary/aromatic N) is 2. The Morgan fingerprint density at radius 1 is 1.19 bits per heavy atom. The smallest absolute Gasteiger partial charge is 0.306 e. The number of amides is 2. The van der Waals surface area contributed by atoms with E-state index in [-0.39, 0.29) is 24.3 Å². The Balaban J connectivity index is 1.70. The standard InChI is InChI=1S/C19H25ClN2O4/c1-21(13-18(24)22-11-9-15(10-12-22)19(25)26)17(23)4-2-3-14-5-7-16(20)8-6-14/h5-8,15H,2-4,9-13H2,1H3,(H,25,26). The second-order valence-corrected chi connectivity index (χ2v) is 7.16. The molecule has 1 heterocycles. The van der Waals surface area contributed by atoms with E-state index in [9.17, 15) is 14.4 Å². The largest absolute Gasteiger partial charge is 0.481 e. The normalized spacial score (nSPS) is 14.9. The summed E-state index contributed by atoms with van der Waals surface area (Å²) in [6, 6.07) is 7.55. The lowest BCUT2D eigenvalue weighted by Crippen LogP contribution is -2.45. The van der Waals surface area contributed by atoms with Gasteiger partial charge in [0.05, 0.1) is 12.5 Å². The summed E-state index contributed by atoms with van der Waals surface area (Å²) in [6.45, 7) is 0.917. The van der Waals surface area contributed by atoms with Gasteiger partial charge in [0.2, 0.25) is 11.8 Å². The summed E-state index contributed by atoms with van der Waals surface area (Å²) in [5, 5.41) is 9.69. The molecule has 0 radical (unpaired) electrons. The summed E-state index contributed by atoms with van der Waals surface area (Å²) in [5.41, 5.74) is 1.13. The van der Waals surface area contributed by atoms with Crippen LogP contribution in [0.15, 0.2) is 24.3 Å². The monoisotopic (exact) mass is 380 g/mol. The molecular formula is C19H25ClN2O4. The highest BCUT2D eigenvalue weighted by molar-refractivity contribution is 6.30. The molecule has 1 saturated heterocycles. The average molecular weight is 381 g/mol. The molecule has 2 amide bonds. The van der Waals surface area contributed by atoms with Crippen molar-refractivity contribution < 1.29 is 19.5 Å². The number of carbonyl (C=O) groups excluding carboxylic acids is 2. The number of carboxylic acid groups (broad SMARTS) is 1. The van der Waals surface area contributed by atoms with E-state index in [4.69, 9.17) is 16.7 Å². The highest BCUT2D eigenvalue weighted by atomic mass is 35.5. The highest BCUT2D eigenvalue weighted by Gasteiger charge is 2.27. The summed E-state index contributed by atoms with van der Waals surface area (Å²) >= 11 is 5.85.